The smallest absolute Gasteiger partial charge is 0.233 e. The molecule has 0 amide bonds. The van der Waals surface area contributed by atoms with E-state index in [0.29, 0.717) is 17.7 Å². The standard InChI is InChI=1S/C12H21N3O2/c1-8(12-14-13-10(3)17-12)15-6-4-5-11(7-15)9(2)16/h8-9,11,16H,4-7H2,1-3H3. The maximum absolute atomic E-state index is 9.67. The molecule has 2 rings (SSSR count). The Balaban J connectivity index is 2.02. The molecule has 96 valence electrons. The molecule has 3 atom stereocenters. The van der Waals surface area contributed by atoms with Gasteiger partial charge in [-0.25, -0.2) is 0 Å². The van der Waals surface area contributed by atoms with Crippen molar-refractivity contribution in [2.24, 2.45) is 5.92 Å². The average molecular weight is 239 g/mol. The third-order valence-corrected chi connectivity index (χ3v) is 3.62. The predicted molar refractivity (Wildman–Crippen MR) is 63.4 cm³/mol. The molecule has 5 heteroatoms. The lowest BCUT2D eigenvalue weighted by Gasteiger charge is -2.36. The van der Waals surface area contributed by atoms with Crippen molar-refractivity contribution >= 4 is 0 Å². The number of aliphatic hydroxyl groups excluding tert-OH is 1. The first kappa shape index (κ1) is 12.5. The summed E-state index contributed by atoms with van der Waals surface area (Å²) in [4.78, 5) is 2.31. The molecule has 0 spiro atoms. The summed E-state index contributed by atoms with van der Waals surface area (Å²) in [5, 5.41) is 17.6. The Morgan fingerprint density at radius 1 is 1.41 bits per heavy atom. The Labute approximate surface area is 102 Å². The van der Waals surface area contributed by atoms with Crippen molar-refractivity contribution < 1.29 is 9.52 Å². The first-order chi connectivity index (χ1) is 8.08. The molecule has 1 fully saturated rings. The van der Waals surface area contributed by atoms with Gasteiger partial charge in [-0.15, -0.1) is 10.2 Å². The van der Waals surface area contributed by atoms with E-state index in [1.54, 1.807) is 6.92 Å². The van der Waals surface area contributed by atoms with Crippen LogP contribution in [0.15, 0.2) is 4.42 Å². The fourth-order valence-electron chi connectivity index (χ4n) is 2.42. The quantitative estimate of drug-likeness (QED) is 0.866. The Morgan fingerprint density at radius 2 is 2.18 bits per heavy atom. The second-order valence-corrected chi connectivity index (χ2v) is 4.97. The van der Waals surface area contributed by atoms with Crippen LogP contribution in [-0.2, 0) is 0 Å². The van der Waals surface area contributed by atoms with Crippen LogP contribution in [0.25, 0.3) is 0 Å². The van der Waals surface area contributed by atoms with Gasteiger partial charge in [0, 0.05) is 13.5 Å². The van der Waals surface area contributed by atoms with Gasteiger partial charge in [0.25, 0.3) is 0 Å². The SMILES string of the molecule is Cc1nnc(C(C)N2CCCC(C(C)O)C2)o1. The molecule has 0 aliphatic carbocycles. The van der Waals surface area contributed by atoms with Crippen LogP contribution >= 0.6 is 0 Å². The molecule has 1 aromatic heterocycles. The number of aliphatic hydroxyl groups is 1. The summed E-state index contributed by atoms with van der Waals surface area (Å²) in [5.41, 5.74) is 0. The van der Waals surface area contributed by atoms with Gasteiger partial charge in [0.2, 0.25) is 11.8 Å². The highest BCUT2D eigenvalue weighted by atomic mass is 16.4. The highest BCUT2D eigenvalue weighted by Crippen LogP contribution is 2.27. The summed E-state index contributed by atoms with van der Waals surface area (Å²) in [6.45, 7) is 7.69. The van der Waals surface area contributed by atoms with E-state index < -0.39 is 0 Å². The summed E-state index contributed by atoms with van der Waals surface area (Å²) < 4.78 is 5.47. The second kappa shape index (κ2) is 5.14. The number of likely N-dealkylation sites (tertiary alicyclic amines) is 1. The lowest BCUT2D eigenvalue weighted by atomic mass is 9.92. The lowest BCUT2D eigenvalue weighted by molar-refractivity contribution is 0.0415. The van der Waals surface area contributed by atoms with Gasteiger partial charge in [0.15, 0.2) is 0 Å². The zero-order chi connectivity index (χ0) is 12.4. The van der Waals surface area contributed by atoms with E-state index in [4.69, 9.17) is 4.42 Å². The van der Waals surface area contributed by atoms with Gasteiger partial charge in [-0.2, -0.15) is 0 Å². The van der Waals surface area contributed by atoms with Crippen molar-refractivity contribution in [1.82, 2.24) is 15.1 Å². The summed E-state index contributed by atoms with van der Waals surface area (Å²) in [6, 6.07) is 0.137. The highest BCUT2D eigenvalue weighted by molar-refractivity contribution is 4.90. The Kier molecular flexibility index (Phi) is 3.79. The van der Waals surface area contributed by atoms with Crippen LogP contribution < -0.4 is 0 Å². The van der Waals surface area contributed by atoms with E-state index in [0.717, 1.165) is 25.9 Å². The van der Waals surface area contributed by atoms with Crippen molar-refractivity contribution in [2.45, 2.75) is 45.8 Å². The van der Waals surface area contributed by atoms with E-state index in [-0.39, 0.29) is 12.1 Å². The number of nitrogens with zero attached hydrogens (tertiary/aromatic N) is 3. The zero-order valence-electron chi connectivity index (χ0n) is 10.8. The molecule has 1 N–H and O–H groups in total. The van der Waals surface area contributed by atoms with Gasteiger partial charge >= 0.3 is 0 Å². The molecule has 5 nitrogen and oxygen atoms in total. The monoisotopic (exact) mass is 239 g/mol. The van der Waals surface area contributed by atoms with Crippen LogP contribution in [-0.4, -0.2) is 39.4 Å². The first-order valence-electron chi connectivity index (χ1n) is 6.30. The lowest BCUT2D eigenvalue weighted by Crippen LogP contribution is -2.40. The van der Waals surface area contributed by atoms with E-state index in [1.165, 1.54) is 0 Å². The molecule has 0 bridgehead atoms. The first-order valence-corrected chi connectivity index (χ1v) is 6.30. The van der Waals surface area contributed by atoms with Gasteiger partial charge in [0.05, 0.1) is 12.1 Å². The Bertz CT molecular complexity index is 364. The van der Waals surface area contributed by atoms with Gasteiger partial charge in [-0.1, -0.05) is 0 Å². The van der Waals surface area contributed by atoms with Gasteiger partial charge in [-0.3, -0.25) is 4.90 Å². The molecule has 0 radical (unpaired) electrons. The Hall–Kier alpha value is -0.940. The minimum atomic E-state index is -0.241. The normalized spacial score (nSPS) is 25.8. The third-order valence-electron chi connectivity index (χ3n) is 3.62. The van der Waals surface area contributed by atoms with E-state index in [1.807, 2.05) is 6.92 Å². The maximum Gasteiger partial charge on any atom is 0.233 e. The molecule has 0 saturated carbocycles. The van der Waals surface area contributed by atoms with Crippen LogP contribution in [0.3, 0.4) is 0 Å². The number of piperidine rings is 1. The summed E-state index contributed by atoms with van der Waals surface area (Å²) in [6.07, 6.45) is 1.98. The fourth-order valence-corrected chi connectivity index (χ4v) is 2.42. The Morgan fingerprint density at radius 3 is 2.76 bits per heavy atom. The zero-order valence-corrected chi connectivity index (χ0v) is 10.8. The van der Waals surface area contributed by atoms with E-state index in [9.17, 15) is 5.11 Å². The third kappa shape index (κ3) is 2.84. The highest BCUT2D eigenvalue weighted by Gasteiger charge is 2.28. The molecule has 2 heterocycles. The van der Waals surface area contributed by atoms with Crippen LogP contribution in [0.2, 0.25) is 0 Å². The van der Waals surface area contributed by atoms with Crippen LogP contribution in [0.1, 0.15) is 44.5 Å². The summed E-state index contributed by atoms with van der Waals surface area (Å²) >= 11 is 0. The topological polar surface area (TPSA) is 62.4 Å². The molecular formula is C12H21N3O2. The van der Waals surface area contributed by atoms with Gasteiger partial charge in [0.1, 0.15) is 0 Å². The number of rotatable bonds is 3. The van der Waals surface area contributed by atoms with Gasteiger partial charge < -0.3 is 9.52 Å². The average Bonchev–Trinajstić information content (AvgIpc) is 2.75. The van der Waals surface area contributed by atoms with Crippen LogP contribution in [0, 0.1) is 12.8 Å². The molecule has 0 aromatic carbocycles. The molecule has 1 saturated heterocycles. The van der Waals surface area contributed by atoms with Crippen molar-refractivity contribution in [3.05, 3.63) is 11.8 Å². The predicted octanol–water partition coefficient (Wildman–Crippen LogP) is 1.53. The van der Waals surface area contributed by atoms with Crippen LogP contribution in [0.5, 0.6) is 0 Å². The van der Waals surface area contributed by atoms with E-state index in [2.05, 4.69) is 22.0 Å². The van der Waals surface area contributed by atoms with Crippen molar-refractivity contribution in [2.75, 3.05) is 13.1 Å². The van der Waals surface area contributed by atoms with Crippen molar-refractivity contribution in [1.29, 1.82) is 0 Å². The van der Waals surface area contributed by atoms with Crippen molar-refractivity contribution in [3.8, 4) is 0 Å². The molecule has 17 heavy (non-hydrogen) atoms. The number of hydrogen-bond donors (Lipinski definition) is 1. The summed E-state index contributed by atoms with van der Waals surface area (Å²) in [7, 11) is 0. The van der Waals surface area contributed by atoms with E-state index >= 15 is 0 Å². The molecule has 1 aliphatic heterocycles. The number of hydrogen-bond acceptors (Lipinski definition) is 5. The number of aromatic nitrogens is 2. The largest absolute Gasteiger partial charge is 0.424 e. The summed E-state index contributed by atoms with van der Waals surface area (Å²) in [5.74, 6) is 1.64. The maximum atomic E-state index is 9.67. The minimum Gasteiger partial charge on any atom is -0.424 e. The second-order valence-electron chi connectivity index (χ2n) is 4.97. The minimum absolute atomic E-state index is 0.137. The van der Waals surface area contributed by atoms with Crippen LogP contribution in [0.4, 0.5) is 0 Å². The molecule has 1 aliphatic rings. The fraction of sp³-hybridized carbons (Fsp3) is 0.833. The molecular weight excluding hydrogens is 218 g/mol. The molecule has 3 unspecified atom stereocenters. The molecule has 1 aromatic rings. The number of aryl methyl sites for hydroxylation is 1. The van der Waals surface area contributed by atoms with Crippen molar-refractivity contribution in [3.63, 3.8) is 0 Å². The van der Waals surface area contributed by atoms with Gasteiger partial charge in [-0.05, 0) is 39.2 Å².